The van der Waals surface area contributed by atoms with Gasteiger partial charge in [-0.25, -0.2) is 4.98 Å². The highest BCUT2D eigenvalue weighted by atomic mass is 16.5. The Kier molecular flexibility index (Phi) is 7.48. The van der Waals surface area contributed by atoms with Crippen LogP contribution in [0.5, 0.6) is 11.5 Å². The van der Waals surface area contributed by atoms with Crippen LogP contribution in [0.3, 0.4) is 0 Å². The molecule has 176 valence electrons. The fourth-order valence-electron chi connectivity index (χ4n) is 4.00. The summed E-state index contributed by atoms with van der Waals surface area (Å²) in [5.41, 5.74) is 5.86. The first-order valence-electron chi connectivity index (χ1n) is 11.8. The summed E-state index contributed by atoms with van der Waals surface area (Å²) in [6.45, 7) is 5.35. The minimum absolute atomic E-state index is 0.0538. The number of amides is 1. The number of carbonyl (C=O) groups excluding carboxylic acids is 1. The Bertz CT molecular complexity index is 1260. The highest BCUT2D eigenvalue weighted by molar-refractivity contribution is 5.77. The molecule has 0 fully saturated rings. The number of ether oxygens (including phenoxy) is 2. The molecule has 0 bridgehead atoms. The van der Waals surface area contributed by atoms with Crippen molar-refractivity contribution < 1.29 is 14.3 Å². The second-order valence-corrected chi connectivity index (χ2v) is 8.09. The Morgan fingerprint density at radius 2 is 1.76 bits per heavy atom. The van der Waals surface area contributed by atoms with Crippen molar-refractivity contribution in [2.24, 2.45) is 0 Å². The van der Waals surface area contributed by atoms with E-state index in [1.807, 2.05) is 55.5 Å². The van der Waals surface area contributed by atoms with Gasteiger partial charge in [0.2, 0.25) is 5.91 Å². The molecule has 0 atom stereocenters. The molecule has 0 aliphatic carbocycles. The van der Waals surface area contributed by atoms with Crippen LogP contribution in [0, 0.1) is 0 Å². The minimum Gasteiger partial charge on any atom is -0.497 e. The third kappa shape index (κ3) is 5.22. The zero-order valence-electron chi connectivity index (χ0n) is 20.0. The summed E-state index contributed by atoms with van der Waals surface area (Å²) in [5.74, 6) is 1.69. The molecule has 0 saturated carbocycles. The summed E-state index contributed by atoms with van der Waals surface area (Å²) < 4.78 is 13.1. The Balaban J connectivity index is 1.76. The van der Waals surface area contributed by atoms with Crippen LogP contribution in [-0.4, -0.2) is 35.6 Å². The van der Waals surface area contributed by atoms with E-state index in [2.05, 4.69) is 35.0 Å². The summed E-state index contributed by atoms with van der Waals surface area (Å²) in [5, 5.41) is 2.97. The zero-order chi connectivity index (χ0) is 23.9. The molecular formula is C28H31N3O3. The van der Waals surface area contributed by atoms with Gasteiger partial charge in [-0.2, -0.15) is 0 Å². The smallest absolute Gasteiger partial charge is 0.220 e. The number of hydrogen-bond donors (Lipinski definition) is 1. The summed E-state index contributed by atoms with van der Waals surface area (Å²) in [6, 6.07) is 20.1. The van der Waals surface area contributed by atoms with E-state index in [4.69, 9.17) is 14.5 Å². The summed E-state index contributed by atoms with van der Waals surface area (Å²) in [6.07, 6.45) is 4.00. The molecule has 2 aromatic heterocycles. The molecule has 0 aliphatic heterocycles. The Hall–Kier alpha value is -3.80. The predicted molar refractivity (Wildman–Crippen MR) is 135 cm³/mol. The third-order valence-electron chi connectivity index (χ3n) is 5.72. The number of hydrogen-bond acceptors (Lipinski definition) is 4. The van der Waals surface area contributed by atoms with E-state index in [1.165, 1.54) is 0 Å². The lowest BCUT2D eigenvalue weighted by Gasteiger charge is -2.09. The van der Waals surface area contributed by atoms with Gasteiger partial charge < -0.3 is 19.2 Å². The molecule has 2 aromatic carbocycles. The van der Waals surface area contributed by atoms with E-state index in [9.17, 15) is 4.79 Å². The molecule has 34 heavy (non-hydrogen) atoms. The maximum absolute atomic E-state index is 12.4. The molecule has 0 radical (unpaired) electrons. The van der Waals surface area contributed by atoms with Crippen molar-refractivity contribution in [1.82, 2.24) is 14.7 Å². The van der Waals surface area contributed by atoms with E-state index < -0.39 is 0 Å². The molecule has 4 rings (SSSR count). The van der Waals surface area contributed by atoms with E-state index in [0.717, 1.165) is 51.6 Å². The number of carbonyl (C=O) groups is 1. The van der Waals surface area contributed by atoms with Crippen molar-refractivity contribution in [1.29, 1.82) is 0 Å². The van der Waals surface area contributed by atoms with E-state index >= 15 is 0 Å². The number of rotatable bonds is 10. The zero-order valence-corrected chi connectivity index (χ0v) is 20.0. The SMILES string of the molecule is CCCNC(=O)CCc1c(-c2ccc(OC)cc2)nc2ccc(-c3cccc(OCC)c3)cn12. The number of imidazole rings is 1. The lowest BCUT2D eigenvalue weighted by molar-refractivity contribution is -0.121. The van der Waals surface area contributed by atoms with Crippen LogP contribution in [0.15, 0.2) is 66.9 Å². The topological polar surface area (TPSA) is 64.9 Å². The molecule has 1 amide bonds. The van der Waals surface area contributed by atoms with Crippen molar-refractivity contribution in [2.75, 3.05) is 20.3 Å². The molecule has 1 N–H and O–H groups in total. The summed E-state index contributed by atoms with van der Waals surface area (Å²) >= 11 is 0. The first-order chi connectivity index (χ1) is 16.6. The average molecular weight is 458 g/mol. The molecule has 0 unspecified atom stereocenters. The number of fused-ring (bicyclic) bond motifs is 1. The normalized spacial score (nSPS) is 10.9. The first-order valence-corrected chi connectivity index (χ1v) is 11.8. The lowest BCUT2D eigenvalue weighted by atomic mass is 10.1. The molecule has 6 heteroatoms. The second-order valence-electron chi connectivity index (χ2n) is 8.09. The maximum Gasteiger partial charge on any atom is 0.220 e. The van der Waals surface area contributed by atoms with Crippen molar-refractivity contribution in [3.63, 3.8) is 0 Å². The molecule has 6 nitrogen and oxygen atoms in total. The number of benzene rings is 2. The van der Waals surface area contributed by atoms with Gasteiger partial charge in [0.25, 0.3) is 0 Å². The Morgan fingerprint density at radius 3 is 2.50 bits per heavy atom. The molecule has 0 aliphatic rings. The van der Waals surface area contributed by atoms with Gasteiger partial charge in [0.1, 0.15) is 17.1 Å². The van der Waals surface area contributed by atoms with E-state index in [1.54, 1.807) is 7.11 Å². The van der Waals surface area contributed by atoms with E-state index in [0.29, 0.717) is 26.0 Å². The maximum atomic E-state index is 12.4. The number of nitrogens with zero attached hydrogens (tertiary/aromatic N) is 2. The summed E-state index contributed by atoms with van der Waals surface area (Å²) in [4.78, 5) is 17.3. The average Bonchev–Trinajstić information content (AvgIpc) is 3.24. The van der Waals surface area contributed by atoms with Gasteiger partial charge in [-0.1, -0.05) is 19.1 Å². The molecule has 2 heterocycles. The van der Waals surface area contributed by atoms with Gasteiger partial charge in [0, 0.05) is 24.7 Å². The summed E-state index contributed by atoms with van der Waals surface area (Å²) in [7, 11) is 1.66. The number of aryl methyl sites for hydroxylation is 1. The van der Waals surface area contributed by atoms with Crippen LogP contribution < -0.4 is 14.8 Å². The highest BCUT2D eigenvalue weighted by Crippen LogP contribution is 2.30. The molecule has 0 saturated heterocycles. The van der Waals surface area contributed by atoms with Gasteiger partial charge in [-0.3, -0.25) is 4.79 Å². The van der Waals surface area contributed by atoms with E-state index in [-0.39, 0.29) is 5.91 Å². The molecule has 4 aromatic rings. The third-order valence-corrected chi connectivity index (χ3v) is 5.72. The van der Waals surface area contributed by atoms with Crippen LogP contribution in [0.25, 0.3) is 28.0 Å². The van der Waals surface area contributed by atoms with Gasteiger partial charge >= 0.3 is 0 Å². The van der Waals surface area contributed by atoms with Crippen molar-refractivity contribution in [3.8, 4) is 33.9 Å². The Morgan fingerprint density at radius 1 is 0.971 bits per heavy atom. The monoisotopic (exact) mass is 457 g/mol. The van der Waals surface area contributed by atoms with Gasteiger partial charge in [0.05, 0.1) is 25.1 Å². The van der Waals surface area contributed by atoms with Gasteiger partial charge in [-0.15, -0.1) is 0 Å². The first kappa shape index (κ1) is 23.4. The number of pyridine rings is 1. The van der Waals surface area contributed by atoms with Gasteiger partial charge in [-0.05, 0) is 79.4 Å². The number of aromatic nitrogens is 2. The Labute approximate surface area is 200 Å². The van der Waals surface area contributed by atoms with Crippen LogP contribution in [0.1, 0.15) is 32.4 Å². The van der Waals surface area contributed by atoms with Crippen LogP contribution in [0.2, 0.25) is 0 Å². The fraction of sp³-hybridized carbons (Fsp3) is 0.286. The van der Waals surface area contributed by atoms with Crippen molar-refractivity contribution in [3.05, 3.63) is 72.6 Å². The lowest BCUT2D eigenvalue weighted by Crippen LogP contribution is -2.24. The van der Waals surface area contributed by atoms with Crippen molar-refractivity contribution in [2.45, 2.75) is 33.1 Å². The highest BCUT2D eigenvalue weighted by Gasteiger charge is 2.16. The quantitative estimate of drug-likeness (QED) is 0.340. The minimum atomic E-state index is 0.0538. The fourth-order valence-corrected chi connectivity index (χ4v) is 4.00. The number of nitrogens with one attached hydrogen (secondary N) is 1. The molecular weight excluding hydrogens is 426 g/mol. The van der Waals surface area contributed by atoms with Crippen molar-refractivity contribution >= 4 is 11.6 Å². The number of methoxy groups -OCH3 is 1. The largest absolute Gasteiger partial charge is 0.497 e. The van der Waals surface area contributed by atoms with Crippen LogP contribution in [-0.2, 0) is 11.2 Å². The second kappa shape index (κ2) is 10.9. The predicted octanol–water partition coefficient (Wildman–Crippen LogP) is 5.53. The molecule has 0 spiro atoms. The van der Waals surface area contributed by atoms with Crippen LogP contribution >= 0.6 is 0 Å². The van der Waals surface area contributed by atoms with Gasteiger partial charge in [0.15, 0.2) is 0 Å². The standard InChI is InChI=1S/C28H31N3O3/c1-4-17-29-27(32)16-14-25-28(20-9-12-23(33-3)13-10-20)30-26-15-11-22(19-31(25)26)21-7-6-8-24(18-21)34-5-2/h6-13,15,18-19H,4-5,14,16-17H2,1-3H3,(H,29,32). The van der Waals surface area contributed by atoms with Crippen LogP contribution in [0.4, 0.5) is 0 Å².